The lowest BCUT2D eigenvalue weighted by molar-refractivity contribution is 0.336. The maximum absolute atomic E-state index is 5.43. The number of nitrogens with one attached hydrogen (secondary N) is 1. The molecule has 1 N–H and O–H groups in total. The van der Waals surface area contributed by atoms with E-state index in [-0.39, 0.29) is 0 Å². The standard InChI is InChI=1S/C19H20N4OS/c1-13-7-9-16(10-8-13)20-19(25)23(3)12-17-21-18(22-24-17)15-6-4-5-14(2)11-15/h4-11H,12H2,1-3H3,(H,20,25). The van der Waals surface area contributed by atoms with E-state index in [1.54, 1.807) is 0 Å². The summed E-state index contributed by atoms with van der Waals surface area (Å²) in [4.78, 5) is 6.32. The zero-order chi connectivity index (χ0) is 17.8. The fourth-order valence-electron chi connectivity index (χ4n) is 2.35. The molecule has 1 heterocycles. The van der Waals surface area contributed by atoms with Gasteiger partial charge in [0.2, 0.25) is 11.7 Å². The highest BCUT2D eigenvalue weighted by atomic mass is 32.1. The van der Waals surface area contributed by atoms with Gasteiger partial charge in [0, 0.05) is 18.3 Å². The molecule has 0 amide bonds. The van der Waals surface area contributed by atoms with Crippen LogP contribution in [0.25, 0.3) is 11.4 Å². The van der Waals surface area contributed by atoms with Crippen LogP contribution in [0, 0.1) is 13.8 Å². The van der Waals surface area contributed by atoms with E-state index in [1.165, 1.54) is 5.56 Å². The van der Waals surface area contributed by atoms with Crippen LogP contribution in [0.3, 0.4) is 0 Å². The molecule has 0 aliphatic rings. The Morgan fingerprint density at radius 2 is 1.88 bits per heavy atom. The predicted octanol–water partition coefficient (Wildman–Crippen LogP) is 4.18. The van der Waals surface area contributed by atoms with Gasteiger partial charge in [-0.2, -0.15) is 4.98 Å². The molecular weight excluding hydrogens is 332 g/mol. The minimum atomic E-state index is 0.441. The first-order chi connectivity index (χ1) is 12.0. The van der Waals surface area contributed by atoms with E-state index >= 15 is 0 Å². The Kier molecular flexibility index (Phi) is 5.09. The summed E-state index contributed by atoms with van der Waals surface area (Å²) in [5.74, 6) is 1.11. The number of aromatic nitrogens is 2. The van der Waals surface area contributed by atoms with Gasteiger partial charge in [-0.05, 0) is 44.3 Å². The summed E-state index contributed by atoms with van der Waals surface area (Å²) in [7, 11) is 1.89. The summed E-state index contributed by atoms with van der Waals surface area (Å²) >= 11 is 5.43. The smallest absolute Gasteiger partial charge is 0.246 e. The minimum Gasteiger partial charge on any atom is -0.343 e. The summed E-state index contributed by atoms with van der Waals surface area (Å²) < 4.78 is 5.36. The third-order valence-electron chi connectivity index (χ3n) is 3.77. The Morgan fingerprint density at radius 1 is 1.12 bits per heavy atom. The lowest BCUT2D eigenvalue weighted by atomic mass is 10.1. The van der Waals surface area contributed by atoms with E-state index in [0.29, 0.717) is 23.4 Å². The van der Waals surface area contributed by atoms with E-state index in [1.807, 2.05) is 67.4 Å². The van der Waals surface area contributed by atoms with Crippen LogP contribution in [0.1, 0.15) is 17.0 Å². The monoisotopic (exact) mass is 352 g/mol. The van der Waals surface area contributed by atoms with Crippen LogP contribution < -0.4 is 5.32 Å². The van der Waals surface area contributed by atoms with Gasteiger partial charge in [-0.1, -0.05) is 46.6 Å². The SMILES string of the molecule is Cc1ccc(NC(=S)N(C)Cc2nc(-c3cccc(C)c3)no2)cc1. The predicted molar refractivity (Wildman–Crippen MR) is 103 cm³/mol. The second kappa shape index (κ2) is 7.44. The zero-order valence-electron chi connectivity index (χ0n) is 14.5. The molecule has 0 unspecified atom stereocenters. The number of rotatable bonds is 4. The Balaban J connectivity index is 1.64. The average molecular weight is 352 g/mol. The van der Waals surface area contributed by atoms with Crippen LogP contribution in [0.5, 0.6) is 0 Å². The summed E-state index contributed by atoms with van der Waals surface area (Å²) in [5.41, 5.74) is 4.26. The molecule has 3 aromatic rings. The van der Waals surface area contributed by atoms with Crippen molar-refractivity contribution in [3.63, 3.8) is 0 Å². The molecule has 128 valence electrons. The largest absolute Gasteiger partial charge is 0.343 e. The van der Waals surface area contributed by atoms with Crippen molar-refractivity contribution in [1.82, 2.24) is 15.0 Å². The van der Waals surface area contributed by atoms with E-state index in [4.69, 9.17) is 16.7 Å². The summed E-state index contributed by atoms with van der Waals surface area (Å²) in [5, 5.41) is 7.86. The quantitative estimate of drug-likeness (QED) is 0.711. The molecule has 0 fully saturated rings. The van der Waals surface area contributed by atoms with Gasteiger partial charge in [-0.3, -0.25) is 0 Å². The Bertz CT molecular complexity index is 873. The second-order valence-electron chi connectivity index (χ2n) is 6.03. The molecule has 0 saturated heterocycles. The molecular formula is C19H20N4OS. The van der Waals surface area contributed by atoms with Crippen molar-refractivity contribution in [3.8, 4) is 11.4 Å². The lowest BCUT2D eigenvalue weighted by Crippen LogP contribution is -2.30. The molecule has 3 rings (SSSR count). The molecule has 6 heteroatoms. The third-order valence-corrected chi connectivity index (χ3v) is 4.18. The summed E-state index contributed by atoms with van der Waals surface area (Å²) in [6.45, 7) is 4.53. The maximum Gasteiger partial charge on any atom is 0.246 e. The highest BCUT2D eigenvalue weighted by Gasteiger charge is 2.13. The van der Waals surface area contributed by atoms with E-state index in [0.717, 1.165) is 16.8 Å². The van der Waals surface area contributed by atoms with Gasteiger partial charge in [0.15, 0.2) is 5.11 Å². The van der Waals surface area contributed by atoms with Gasteiger partial charge in [0.25, 0.3) is 0 Å². The van der Waals surface area contributed by atoms with Gasteiger partial charge < -0.3 is 14.7 Å². The van der Waals surface area contributed by atoms with Crippen LogP contribution in [0.4, 0.5) is 5.69 Å². The van der Waals surface area contributed by atoms with Crippen molar-refractivity contribution in [3.05, 3.63) is 65.5 Å². The molecule has 0 aliphatic heterocycles. The summed E-state index contributed by atoms with van der Waals surface area (Å²) in [6, 6.07) is 16.1. The molecule has 2 aromatic carbocycles. The lowest BCUT2D eigenvalue weighted by Gasteiger charge is -2.19. The van der Waals surface area contributed by atoms with Crippen LogP contribution in [0.2, 0.25) is 0 Å². The van der Waals surface area contributed by atoms with Crippen LogP contribution in [-0.2, 0) is 6.54 Å². The molecule has 0 saturated carbocycles. The first-order valence-electron chi connectivity index (χ1n) is 7.99. The minimum absolute atomic E-state index is 0.441. The van der Waals surface area contributed by atoms with Gasteiger partial charge in [-0.15, -0.1) is 0 Å². The van der Waals surface area contributed by atoms with Crippen LogP contribution in [0.15, 0.2) is 53.1 Å². The van der Waals surface area contributed by atoms with Crippen molar-refractivity contribution in [2.75, 3.05) is 12.4 Å². The number of hydrogen-bond acceptors (Lipinski definition) is 4. The van der Waals surface area contributed by atoms with Crippen molar-refractivity contribution in [1.29, 1.82) is 0 Å². The van der Waals surface area contributed by atoms with Crippen LogP contribution in [-0.4, -0.2) is 27.2 Å². The molecule has 1 aromatic heterocycles. The highest BCUT2D eigenvalue weighted by molar-refractivity contribution is 7.80. The molecule has 0 bridgehead atoms. The fourth-order valence-corrected chi connectivity index (χ4v) is 2.53. The Labute approximate surface area is 152 Å². The molecule has 0 aliphatic carbocycles. The molecule has 25 heavy (non-hydrogen) atoms. The number of hydrogen-bond donors (Lipinski definition) is 1. The van der Waals surface area contributed by atoms with Crippen molar-refractivity contribution in [2.24, 2.45) is 0 Å². The fraction of sp³-hybridized carbons (Fsp3) is 0.211. The van der Waals surface area contributed by atoms with Gasteiger partial charge >= 0.3 is 0 Å². The number of nitrogens with zero attached hydrogens (tertiary/aromatic N) is 3. The van der Waals surface area contributed by atoms with Crippen molar-refractivity contribution < 1.29 is 4.52 Å². The number of anilines is 1. The van der Waals surface area contributed by atoms with Crippen LogP contribution >= 0.6 is 12.2 Å². The zero-order valence-corrected chi connectivity index (χ0v) is 15.3. The third kappa shape index (κ3) is 4.42. The van der Waals surface area contributed by atoms with Crippen molar-refractivity contribution in [2.45, 2.75) is 20.4 Å². The number of benzene rings is 2. The van der Waals surface area contributed by atoms with E-state index < -0.39 is 0 Å². The molecule has 0 radical (unpaired) electrons. The molecule has 5 nitrogen and oxygen atoms in total. The molecule has 0 atom stereocenters. The second-order valence-corrected chi connectivity index (χ2v) is 6.42. The number of thiocarbonyl (C=S) groups is 1. The van der Waals surface area contributed by atoms with E-state index in [9.17, 15) is 0 Å². The number of aryl methyl sites for hydroxylation is 2. The topological polar surface area (TPSA) is 54.2 Å². The Hall–Kier alpha value is -2.73. The highest BCUT2D eigenvalue weighted by Crippen LogP contribution is 2.17. The molecule has 0 spiro atoms. The van der Waals surface area contributed by atoms with Gasteiger partial charge in [-0.25, -0.2) is 0 Å². The maximum atomic E-state index is 5.43. The van der Waals surface area contributed by atoms with Crippen molar-refractivity contribution >= 4 is 23.0 Å². The normalized spacial score (nSPS) is 10.5. The van der Waals surface area contributed by atoms with E-state index in [2.05, 4.69) is 22.4 Å². The van der Waals surface area contributed by atoms with Gasteiger partial charge in [0.1, 0.15) is 0 Å². The van der Waals surface area contributed by atoms with Gasteiger partial charge in [0.05, 0.1) is 6.54 Å². The first-order valence-corrected chi connectivity index (χ1v) is 8.40. The average Bonchev–Trinajstić information content (AvgIpc) is 3.05. The summed E-state index contributed by atoms with van der Waals surface area (Å²) in [6.07, 6.45) is 0. The first kappa shape index (κ1) is 17.1. The Morgan fingerprint density at radius 3 is 2.60 bits per heavy atom.